The zero-order valence-electron chi connectivity index (χ0n) is 16.2. The molecule has 0 aliphatic carbocycles. The predicted molar refractivity (Wildman–Crippen MR) is 118 cm³/mol. The molecule has 8 heteroatoms. The highest BCUT2D eigenvalue weighted by atomic mass is 35.5. The minimum Gasteiger partial charge on any atom is -0.400 e. The van der Waals surface area contributed by atoms with E-state index >= 15 is 0 Å². The quantitative estimate of drug-likeness (QED) is 0.638. The van der Waals surface area contributed by atoms with Crippen LogP contribution in [0, 0.1) is 0 Å². The summed E-state index contributed by atoms with van der Waals surface area (Å²) in [6, 6.07) is 11.4. The monoisotopic (exact) mass is 432 g/mol. The van der Waals surface area contributed by atoms with Gasteiger partial charge in [-0.25, -0.2) is 9.97 Å². The second kappa shape index (κ2) is 9.50. The largest absolute Gasteiger partial charge is 0.400 e. The summed E-state index contributed by atoms with van der Waals surface area (Å²) < 4.78 is 0. The standard InChI is InChI=1S/C20H18Cl2N4O.CH4O/c1-25-7-8-26(10-14(25)11-27)20-19-15(3-2-4-18(19)23-12-24-20)13-5-6-16(21)17(22)9-13;1-2/h2-6,9,11-12,14H,7-8,10H2,1H3;2H,1H3. The molecule has 0 spiro atoms. The molecule has 0 bridgehead atoms. The third-order valence-corrected chi connectivity index (χ3v) is 5.77. The molecule has 1 unspecified atom stereocenters. The Morgan fingerprint density at radius 2 is 1.90 bits per heavy atom. The normalized spacial score (nSPS) is 17.0. The number of fused-ring (bicyclic) bond motifs is 1. The second-order valence-electron chi connectivity index (χ2n) is 6.66. The van der Waals surface area contributed by atoms with Crippen LogP contribution in [0.4, 0.5) is 5.82 Å². The molecule has 1 aromatic heterocycles. The van der Waals surface area contributed by atoms with Gasteiger partial charge in [-0.1, -0.05) is 41.4 Å². The summed E-state index contributed by atoms with van der Waals surface area (Å²) in [5, 5.41) is 8.97. The Morgan fingerprint density at radius 3 is 2.62 bits per heavy atom. The molecule has 0 radical (unpaired) electrons. The van der Waals surface area contributed by atoms with Gasteiger partial charge in [0.05, 0.1) is 27.0 Å². The number of benzene rings is 2. The molecule has 0 amide bonds. The Hall–Kier alpha value is -2.25. The van der Waals surface area contributed by atoms with Crippen LogP contribution < -0.4 is 4.90 Å². The fraction of sp³-hybridized carbons (Fsp3) is 0.286. The Bertz CT molecular complexity index is 1010. The van der Waals surface area contributed by atoms with E-state index < -0.39 is 0 Å². The number of aliphatic hydroxyl groups excluding tert-OH is 1. The number of piperazine rings is 1. The van der Waals surface area contributed by atoms with Crippen molar-refractivity contribution < 1.29 is 9.90 Å². The lowest BCUT2D eigenvalue weighted by atomic mass is 10.00. The molecule has 1 N–H and O–H groups in total. The second-order valence-corrected chi connectivity index (χ2v) is 7.47. The molecule has 2 heterocycles. The molecule has 2 aromatic carbocycles. The van der Waals surface area contributed by atoms with Gasteiger partial charge in [-0.15, -0.1) is 0 Å². The fourth-order valence-electron chi connectivity index (χ4n) is 3.48. The van der Waals surface area contributed by atoms with Crippen molar-refractivity contribution in [2.45, 2.75) is 6.04 Å². The molecule has 29 heavy (non-hydrogen) atoms. The summed E-state index contributed by atoms with van der Waals surface area (Å²) in [5.74, 6) is 0.835. The van der Waals surface area contributed by atoms with Gasteiger partial charge in [0, 0.05) is 26.7 Å². The number of carbonyl (C=O) groups excluding carboxylic acids is 1. The van der Waals surface area contributed by atoms with E-state index in [1.807, 2.05) is 37.4 Å². The summed E-state index contributed by atoms with van der Waals surface area (Å²) in [4.78, 5) is 24.7. The van der Waals surface area contributed by atoms with Crippen LogP contribution in [0.15, 0.2) is 42.7 Å². The summed E-state index contributed by atoms with van der Waals surface area (Å²) in [7, 11) is 2.97. The first kappa shape index (κ1) is 21.5. The molecule has 1 atom stereocenters. The fourth-order valence-corrected chi connectivity index (χ4v) is 3.78. The molecule has 3 aromatic rings. The van der Waals surface area contributed by atoms with Crippen LogP contribution in [0.25, 0.3) is 22.0 Å². The van der Waals surface area contributed by atoms with E-state index in [0.717, 1.165) is 54.3 Å². The molecular weight excluding hydrogens is 411 g/mol. The van der Waals surface area contributed by atoms with E-state index in [1.165, 1.54) is 0 Å². The van der Waals surface area contributed by atoms with Crippen LogP contribution in [-0.2, 0) is 4.79 Å². The molecule has 0 saturated carbocycles. The number of hydrogen-bond donors (Lipinski definition) is 1. The first-order valence-electron chi connectivity index (χ1n) is 9.13. The zero-order valence-corrected chi connectivity index (χ0v) is 17.7. The Labute approximate surface area is 179 Å². The van der Waals surface area contributed by atoms with Crippen molar-refractivity contribution in [3.8, 4) is 11.1 Å². The topological polar surface area (TPSA) is 69.6 Å². The van der Waals surface area contributed by atoms with Crippen LogP contribution in [0.5, 0.6) is 0 Å². The number of halogens is 2. The zero-order chi connectivity index (χ0) is 21.0. The number of aromatic nitrogens is 2. The lowest BCUT2D eigenvalue weighted by molar-refractivity contribution is -0.112. The van der Waals surface area contributed by atoms with Gasteiger partial charge in [0.1, 0.15) is 18.4 Å². The molecule has 1 saturated heterocycles. The highest BCUT2D eigenvalue weighted by Crippen LogP contribution is 2.36. The lowest BCUT2D eigenvalue weighted by Crippen LogP contribution is -2.52. The maximum Gasteiger partial charge on any atom is 0.140 e. The van der Waals surface area contributed by atoms with E-state index in [9.17, 15) is 4.79 Å². The maximum absolute atomic E-state index is 11.4. The van der Waals surface area contributed by atoms with Gasteiger partial charge in [-0.3, -0.25) is 4.90 Å². The lowest BCUT2D eigenvalue weighted by Gasteiger charge is -2.37. The summed E-state index contributed by atoms with van der Waals surface area (Å²) in [6.07, 6.45) is 2.57. The van der Waals surface area contributed by atoms with Gasteiger partial charge in [-0.05, 0) is 36.4 Å². The number of aldehydes is 1. The van der Waals surface area contributed by atoms with Crippen LogP contribution in [0.2, 0.25) is 10.0 Å². The highest BCUT2D eigenvalue weighted by molar-refractivity contribution is 6.42. The first-order valence-corrected chi connectivity index (χ1v) is 9.88. The summed E-state index contributed by atoms with van der Waals surface area (Å²) in [5.41, 5.74) is 2.79. The average Bonchev–Trinajstić information content (AvgIpc) is 2.76. The van der Waals surface area contributed by atoms with Crippen LogP contribution in [0.3, 0.4) is 0 Å². The molecule has 1 aliphatic heterocycles. The van der Waals surface area contributed by atoms with Gasteiger partial charge < -0.3 is 14.8 Å². The van der Waals surface area contributed by atoms with Gasteiger partial charge in [0.15, 0.2) is 0 Å². The van der Waals surface area contributed by atoms with E-state index in [0.29, 0.717) is 16.6 Å². The number of aliphatic hydroxyl groups is 1. The van der Waals surface area contributed by atoms with E-state index in [1.54, 1.807) is 12.4 Å². The van der Waals surface area contributed by atoms with Gasteiger partial charge in [-0.2, -0.15) is 0 Å². The predicted octanol–water partition coefficient (Wildman–Crippen LogP) is 3.53. The minimum absolute atomic E-state index is 0.152. The van der Waals surface area contributed by atoms with Crippen molar-refractivity contribution in [2.24, 2.45) is 0 Å². The highest BCUT2D eigenvalue weighted by Gasteiger charge is 2.26. The molecule has 4 rings (SSSR count). The number of nitrogens with zero attached hydrogens (tertiary/aromatic N) is 4. The Morgan fingerprint density at radius 1 is 1.10 bits per heavy atom. The van der Waals surface area contributed by atoms with Crippen molar-refractivity contribution in [1.82, 2.24) is 14.9 Å². The van der Waals surface area contributed by atoms with Crippen LogP contribution in [0.1, 0.15) is 0 Å². The number of hydrogen-bond acceptors (Lipinski definition) is 6. The molecular formula is C21H22Cl2N4O2. The Kier molecular flexibility index (Phi) is 7.03. The van der Waals surface area contributed by atoms with Gasteiger partial charge in [0.2, 0.25) is 0 Å². The van der Waals surface area contributed by atoms with Crippen molar-refractivity contribution >= 4 is 46.2 Å². The van der Waals surface area contributed by atoms with Gasteiger partial charge in [0.25, 0.3) is 0 Å². The van der Waals surface area contributed by atoms with E-state index in [-0.39, 0.29) is 6.04 Å². The van der Waals surface area contributed by atoms with E-state index in [4.69, 9.17) is 28.3 Å². The summed E-state index contributed by atoms with van der Waals surface area (Å²) in [6.45, 7) is 2.19. The van der Waals surface area contributed by atoms with Crippen LogP contribution in [-0.4, -0.2) is 66.1 Å². The third kappa shape index (κ3) is 4.36. The molecule has 1 fully saturated rings. The molecule has 6 nitrogen and oxygen atoms in total. The minimum atomic E-state index is -0.152. The first-order chi connectivity index (χ1) is 14.1. The number of rotatable bonds is 3. The smallest absolute Gasteiger partial charge is 0.140 e. The number of carbonyl (C=O) groups is 1. The van der Waals surface area contributed by atoms with Crippen molar-refractivity contribution in [1.29, 1.82) is 0 Å². The molecule has 1 aliphatic rings. The van der Waals surface area contributed by atoms with E-state index in [2.05, 4.69) is 19.8 Å². The molecule has 152 valence electrons. The van der Waals surface area contributed by atoms with Crippen molar-refractivity contribution in [3.63, 3.8) is 0 Å². The Balaban J connectivity index is 0.00000117. The van der Waals surface area contributed by atoms with Crippen LogP contribution >= 0.6 is 23.2 Å². The maximum atomic E-state index is 11.4. The van der Waals surface area contributed by atoms with Crippen molar-refractivity contribution in [2.75, 3.05) is 38.7 Å². The van der Waals surface area contributed by atoms with Crippen molar-refractivity contribution in [3.05, 3.63) is 52.8 Å². The average molecular weight is 433 g/mol. The number of anilines is 1. The summed E-state index contributed by atoms with van der Waals surface area (Å²) >= 11 is 12.3. The SMILES string of the molecule is CN1CCN(c2ncnc3cccc(-c4ccc(Cl)c(Cl)c4)c23)CC1C=O.CO. The third-order valence-electron chi connectivity index (χ3n) is 5.03. The van der Waals surface area contributed by atoms with Gasteiger partial charge >= 0.3 is 0 Å². The number of likely N-dealkylation sites (N-methyl/N-ethyl adjacent to an activating group) is 1.